The minimum absolute atomic E-state index is 0.0754. The number of unbranched alkanes of at least 4 members (excludes halogenated alkanes) is 1. The van der Waals surface area contributed by atoms with Gasteiger partial charge in [0, 0.05) is 32.1 Å². The normalized spacial score (nSPS) is 14.0. The number of carbonyl (C=O) groups is 2. The van der Waals surface area contributed by atoms with Crippen LogP contribution in [0.15, 0.2) is 65.7 Å². The highest BCUT2D eigenvalue weighted by Crippen LogP contribution is 2.34. The van der Waals surface area contributed by atoms with E-state index in [2.05, 4.69) is 44.4 Å². The Morgan fingerprint density at radius 3 is 2.47 bits per heavy atom. The van der Waals surface area contributed by atoms with E-state index in [0.717, 1.165) is 60.8 Å². The summed E-state index contributed by atoms with van der Waals surface area (Å²) in [5.74, 6) is 8.34. The molecular formula is C40H51N3O5S. The van der Waals surface area contributed by atoms with Crippen molar-refractivity contribution in [3.05, 3.63) is 71.8 Å². The lowest BCUT2D eigenvalue weighted by Gasteiger charge is -2.36. The van der Waals surface area contributed by atoms with E-state index in [9.17, 15) is 9.59 Å². The molecule has 0 N–H and O–H groups in total. The maximum Gasteiger partial charge on any atom is 0.307 e. The Labute approximate surface area is 296 Å². The van der Waals surface area contributed by atoms with Crippen LogP contribution in [0.5, 0.6) is 11.5 Å². The van der Waals surface area contributed by atoms with Gasteiger partial charge in [0.1, 0.15) is 17.3 Å². The Balaban J connectivity index is 1.48. The molecule has 3 aromatic rings. The van der Waals surface area contributed by atoms with E-state index in [1.54, 1.807) is 18.9 Å². The number of pyridine rings is 1. The summed E-state index contributed by atoms with van der Waals surface area (Å²) >= 11 is 1.56. The Morgan fingerprint density at radius 2 is 1.80 bits per heavy atom. The molecule has 2 heterocycles. The fourth-order valence-electron chi connectivity index (χ4n) is 5.82. The van der Waals surface area contributed by atoms with E-state index in [0.29, 0.717) is 36.2 Å². The maximum absolute atomic E-state index is 14.4. The SMILES string of the molecule is CCCC#CC(CC(=O)OC)c1cccc(OCC2CCN(c3cc(OC)ccc3C(=O)N(CC(C)(C)C)c3cccc(SC)n3)CC2)c1. The van der Waals surface area contributed by atoms with Crippen LogP contribution >= 0.6 is 11.8 Å². The molecule has 1 unspecified atom stereocenters. The van der Waals surface area contributed by atoms with Crippen LogP contribution in [-0.4, -0.2) is 63.6 Å². The van der Waals surface area contributed by atoms with Crippen LogP contribution in [0.1, 0.15) is 81.6 Å². The Kier molecular flexibility index (Phi) is 13.8. The van der Waals surface area contributed by atoms with Gasteiger partial charge in [0.15, 0.2) is 0 Å². The number of nitrogens with zero attached hydrogens (tertiary/aromatic N) is 3. The number of thioether (sulfide) groups is 1. The summed E-state index contributed by atoms with van der Waals surface area (Å²) in [6, 6.07) is 19.4. The highest BCUT2D eigenvalue weighted by atomic mass is 32.2. The smallest absolute Gasteiger partial charge is 0.307 e. The number of methoxy groups -OCH3 is 2. The zero-order valence-electron chi connectivity index (χ0n) is 30.1. The van der Waals surface area contributed by atoms with Gasteiger partial charge in [-0.3, -0.25) is 14.5 Å². The van der Waals surface area contributed by atoms with Crippen LogP contribution in [0, 0.1) is 23.2 Å². The van der Waals surface area contributed by atoms with Crippen molar-refractivity contribution in [2.75, 3.05) is 56.5 Å². The fraction of sp³-hybridized carbons (Fsp3) is 0.475. The molecular weight excluding hydrogens is 635 g/mol. The summed E-state index contributed by atoms with van der Waals surface area (Å²) in [6.45, 7) is 11.2. The Morgan fingerprint density at radius 1 is 1.04 bits per heavy atom. The molecule has 0 saturated carbocycles. The van der Waals surface area contributed by atoms with Crippen molar-refractivity contribution in [3.63, 3.8) is 0 Å². The summed E-state index contributed by atoms with van der Waals surface area (Å²) in [5, 5.41) is 0.872. The van der Waals surface area contributed by atoms with E-state index in [-0.39, 0.29) is 29.6 Å². The molecule has 0 aliphatic carbocycles. The van der Waals surface area contributed by atoms with Crippen molar-refractivity contribution in [1.29, 1.82) is 0 Å². The van der Waals surface area contributed by atoms with Crippen molar-refractivity contribution in [2.24, 2.45) is 11.3 Å². The van der Waals surface area contributed by atoms with Gasteiger partial charge in [0.25, 0.3) is 5.91 Å². The van der Waals surface area contributed by atoms with Gasteiger partial charge in [-0.2, -0.15) is 0 Å². The molecule has 1 fully saturated rings. The van der Waals surface area contributed by atoms with Gasteiger partial charge in [-0.25, -0.2) is 4.98 Å². The lowest BCUT2D eigenvalue weighted by Crippen LogP contribution is -2.41. The summed E-state index contributed by atoms with van der Waals surface area (Å²) < 4.78 is 16.8. The summed E-state index contributed by atoms with van der Waals surface area (Å²) in [6.07, 6.45) is 5.79. The number of hydrogen-bond acceptors (Lipinski definition) is 8. The van der Waals surface area contributed by atoms with Crippen LogP contribution in [0.2, 0.25) is 0 Å². The minimum atomic E-state index is -0.279. The van der Waals surface area contributed by atoms with Crippen molar-refractivity contribution in [2.45, 2.75) is 70.7 Å². The molecule has 2 aromatic carbocycles. The number of carbonyl (C=O) groups excluding carboxylic acids is 2. The standard InChI is InChI=1S/C40H51N3O5S/c1-8-9-10-13-31(25-38(44)47-6)30-14-11-15-33(24-30)48-27-29-20-22-42(23-21-29)35-26-32(46-5)18-19-34(35)39(45)43(28-40(2,3)4)36-16-12-17-37(41-36)49-7/h11-12,14-19,24,26,29,31H,8-9,20-23,25,27-28H2,1-7H3. The van der Waals surface area contributed by atoms with E-state index in [1.807, 2.05) is 71.8 Å². The second-order valence-electron chi connectivity index (χ2n) is 13.6. The van der Waals surface area contributed by atoms with E-state index in [4.69, 9.17) is 19.2 Å². The van der Waals surface area contributed by atoms with Gasteiger partial charge in [-0.1, -0.05) is 51.8 Å². The Hall–Kier alpha value is -4.16. The van der Waals surface area contributed by atoms with Gasteiger partial charge in [0.05, 0.1) is 49.4 Å². The third-order valence-corrected chi connectivity index (χ3v) is 9.10. The second kappa shape index (κ2) is 18.0. The molecule has 0 radical (unpaired) electrons. The summed E-state index contributed by atoms with van der Waals surface area (Å²) in [4.78, 5) is 35.4. The second-order valence-corrected chi connectivity index (χ2v) is 14.4. The molecule has 49 heavy (non-hydrogen) atoms. The van der Waals surface area contributed by atoms with Gasteiger partial charge >= 0.3 is 5.97 Å². The van der Waals surface area contributed by atoms with Crippen LogP contribution in [0.4, 0.5) is 11.5 Å². The maximum atomic E-state index is 14.4. The Bertz CT molecular complexity index is 1620. The van der Waals surface area contributed by atoms with E-state index < -0.39 is 0 Å². The molecule has 4 rings (SSSR count). The number of ether oxygens (including phenoxy) is 3. The summed E-state index contributed by atoms with van der Waals surface area (Å²) in [5.41, 5.74) is 2.32. The monoisotopic (exact) mass is 685 g/mol. The molecule has 0 spiro atoms. The quantitative estimate of drug-likeness (QED) is 0.101. The van der Waals surface area contributed by atoms with Crippen LogP contribution in [0.3, 0.4) is 0 Å². The number of amides is 1. The lowest BCUT2D eigenvalue weighted by atomic mass is 9.94. The first-order valence-electron chi connectivity index (χ1n) is 17.1. The molecule has 0 bridgehead atoms. The third-order valence-electron chi connectivity index (χ3n) is 8.46. The van der Waals surface area contributed by atoms with Crippen molar-refractivity contribution in [1.82, 2.24) is 4.98 Å². The first-order chi connectivity index (χ1) is 23.5. The lowest BCUT2D eigenvalue weighted by molar-refractivity contribution is -0.140. The van der Waals surface area contributed by atoms with Crippen molar-refractivity contribution >= 4 is 35.1 Å². The average molecular weight is 686 g/mol. The van der Waals surface area contributed by atoms with Gasteiger partial charge < -0.3 is 19.1 Å². The number of aromatic nitrogens is 1. The number of benzene rings is 2. The number of esters is 1. The molecule has 1 atom stereocenters. The molecule has 8 nitrogen and oxygen atoms in total. The van der Waals surface area contributed by atoms with Crippen molar-refractivity contribution < 1.29 is 23.8 Å². The number of rotatable bonds is 13. The predicted octanol–water partition coefficient (Wildman–Crippen LogP) is 8.25. The topological polar surface area (TPSA) is 81.2 Å². The van der Waals surface area contributed by atoms with Gasteiger partial charge in [0.2, 0.25) is 0 Å². The first-order valence-corrected chi connectivity index (χ1v) is 18.3. The minimum Gasteiger partial charge on any atom is -0.497 e. The molecule has 1 aliphatic heterocycles. The van der Waals surface area contributed by atoms with Gasteiger partial charge in [-0.15, -0.1) is 17.7 Å². The number of hydrogen-bond donors (Lipinski definition) is 0. The largest absolute Gasteiger partial charge is 0.497 e. The average Bonchev–Trinajstić information content (AvgIpc) is 3.12. The number of piperidine rings is 1. The number of anilines is 2. The van der Waals surface area contributed by atoms with Crippen LogP contribution in [0.25, 0.3) is 0 Å². The van der Waals surface area contributed by atoms with E-state index in [1.165, 1.54) is 7.11 Å². The van der Waals surface area contributed by atoms with E-state index >= 15 is 0 Å². The molecule has 1 amide bonds. The molecule has 9 heteroatoms. The van der Waals surface area contributed by atoms with Crippen molar-refractivity contribution in [3.8, 4) is 23.3 Å². The zero-order chi connectivity index (χ0) is 35.4. The zero-order valence-corrected chi connectivity index (χ0v) is 30.9. The van der Waals surface area contributed by atoms with Gasteiger partial charge in [-0.05, 0) is 78.8 Å². The highest BCUT2D eigenvalue weighted by Gasteiger charge is 2.30. The predicted molar refractivity (Wildman–Crippen MR) is 199 cm³/mol. The molecule has 1 aliphatic rings. The fourth-order valence-corrected chi connectivity index (χ4v) is 6.22. The first kappa shape index (κ1) is 37.7. The molecule has 262 valence electrons. The van der Waals surface area contributed by atoms with Crippen LogP contribution < -0.4 is 19.3 Å². The molecule has 1 saturated heterocycles. The molecule has 1 aromatic heterocycles. The third kappa shape index (κ3) is 10.9. The highest BCUT2D eigenvalue weighted by molar-refractivity contribution is 7.98. The summed E-state index contributed by atoms with van der Waals surface area (Å²) in [7, 11) is 3.06. The van der Waals surface area contributed by atoms with Crippen LogP contribution in [-0.2, 0) is 9.53 Å².